The third-order valence-corrected chi connectivity index (χ3v) is 4.46. The van der Waals surface area contributed by atoms with Gasteiger partial charge in [-0.15, -0.1) is 0 Å². The Labute approximate surface area is 175 Å². The molecule has 3 rings (SSSR count). The number of hydrogen-bond acceptors (Lipinski definition) is 7. The van der Waals surface area contributed by atoms with Gasteiger partial charge in [0.25, 0.3) is 0 Å². The molecule has 1 aliphatic heterocycles. The van der Waals surface area contributed by atoms with E-state index in [4.69, 9.17) is 14.2 Å². The van der Waals surface area contributed by atoms with E-state index in [0.717, 1.165) is 12.1 Å². The third kappa shape index (κ3) is 5.17. The Morgan fingerprint density at radius 1 is 1.10 bits per heavy atom. The van der Waals surface area contributed by atoms with Gasteiger partial charge in [-0.2, -0.15) is 5.26 Å². The molecule has 0 aromatic heterocycles. The molecule has 1 aliphatic rings. The minimum Gasteiger partial charge on any atom is -0.490 e. The van der Waals surface area contributed by atoms with Crippen LogP contribution in [0.1, 0.15) is 22.3 Å². The molecule has 1 heterocycles. The first-order chi connectivity index (χ1) is 14.5. The van der Waals surface area contributed by atoms with Crippen LogP contribution in [0.4, 0.5) is 5.69 Å². The second-order valence-electron chi connectivity index (χ2n) is 6.87. The molecule has 0 radical (unpaired) electrons. The van der Waals surface area contributed by atoms with Crippen molar-refractivity contribution in [3.63, 3.8) is 0 Å². The first-order valence-corrected chi connectivity index (χ1v) is 9.47. The number of carbonyl (C=O) groups excluding carboxylic acids is 2. The van der Waals surface area contributed by atoms with Crippen LogP contribution in [0.2, 0.25) is 0 Å². The van der Waals surface area contributed by atoms with Gasteiger partial charge in [-0.3, -0.25) is 4.79 Å². The number of rotatable bonds is 6. The van der Waals surface area contributed by atoms with Crippen molar-refractivity contribution >= 4 is 23.5 Å². The van der Waals surface area contributed by atoms with E-state index in [1.165, 1.54) is 6.08 Å². The molecule has 0 spiro atoms. The van der Waals surface area contributed by atoms with Gasteiger partial charge >= 0.3 is 5.97 Å². The van der Waals surface area contributed by atoms with E-state index in [0.29, 0.717) is 35.8 Å². The van der Waals surface area contributed by atoms with Crippen LogP contribution in [0.3, 0.4) is 0 Å². The Morgan fingerprint density at radius 3 is 2.47 bits per heavy atom. The van der Waals surface area contributed by atoms with Crippen molar-refractivity contribution in [1.29, 1.82) is 5.26 Å². The quantitative estimate of drug-likeness (QED) is 0.315. The Kier molecular flexibility index (Phi) is 6.71. The summed E-state index contributed by atoms with van der Waals surface area (Å²) in [6.45, 7) is 0.585. The van der Waals surface area contributed by atoms with Crippen molar-refractivity contribution < 1.29 is 23.8 Å². The fourth-order valence-corrected chi connectivity index (χ4v) is 2.80. The van der Waals surface area contributed by atoms with E-state index in [9.17, 15) is 14.9 Å². The molecule has 7 nitrogen and oxygen atoms in total. The number of hydrogen-bond donors (Lipinski definition) is 0. The Morgan fingerprint density at radius 2 is 1.80 bits per heavy atom. The maximum absolute atomic E-state index is 12.4. The van der Waals surface area contributed by atoms with Gasteiger partial charge < -0.3 is 19.1 Å². The van der Waals surface area contributed by atoms with Crippen molar-refractivity contribution in [3.8, 4) is 17.6 Å². The molecule has 0 atom stereocenters. The number of nitrogens with zero attached hydrogens (tertiary/aromatic N) is 2. The van der Waals surface area contributed by atoms with E-state index in [2.05, 4.69) is 0 Å². The zero-order valence-electron chi connectivity index (χ0n) is 16.9. The summed E-state index contributed by atoms with van der Waals surface area (Å²) in [7, 11) is 3.84. The van der Waals surface area contributed by atoms with Crippen molar-refractivity contribution in [3.05, 3.63) is 59.2 Å². The predicted molar refractivity (Wildman–Crippen MR) is 112 cm³/mol. The number of esters is 1. The summed E-state index contributed by atoms with van der Waals surface area (Å²) in [5.41, 5.74) is 1.84. The van der Waals surface area contributed by atoms with Crippen molar-refractivity contribution in [1.82, 2.24) is 0 Å². The van der Waals surface area contributed by atoms with Crippen LogP contribution in [0, 0.1) is 11.3 Å². The summed E-state index contributed by atoms with van der Waals surface area (Å²) in [5.74, 6) is -0.178. The lowest BCUT2D eigenvalue weighted by molar-refractivity contribution is -0.137. The van der Waals surface area contributed by atoms with Gasteiger partial charge in [0.1, 0.15) is 11.6 Å². The lowest BCUT2D eigenvalue weighted by Crippen LogP contribution is -2.15. The van der Waals surface area contributed by atoms with Crippen LogP contribution in [0.25, 0.3) is 6.08 Å². The second kappa shape index (κ2) is 9.61. The summed E-state index contributed by atoms with van der Waals surface area (Å²) in [6, 6.07) is 14.0. The SMILES string of the molecule is CN(C)c1ccc(/C=C(\C#N)C(=O)OCC(=O)c2ccc3c(c2)OCCCO3)cc1. The summed E-state index contributed by atoms with van der Waals surface area (Å²) in [6.07, 6.45) is 2.19. The number of benzene rings is 2. The van der Waals surface area contributed by atoms with Crippen LogP contribution in [0.5, 0.6) is 11.5 Å². The lowest BCUT2D eigenvalue weighted by Gasteiger charge is -2.11. The van der Waals surface area contributed by atoms with Gasteiger partial charge in [0, 0.05) is 31.8 Å². The molecule has 0 aliphatic carbocycles. The number of ketones is 1. The maximum atomic E-state index is 12.4. The first kappa shape index (κ1) is 20.9. The van der Waals surface area contributed by atoms with E-state index < -0.39 is 18.4 Å². The highest BCUT2D eigenvalue weighted by Crippen LogP contribution is 2.30. The van der Waals surface area contributed by atoms with E-state index in [-0.39, 0.29) is 5.57 Å². The number of anilines is 1. The van der Waals surface area contributed by atoms with E-state index >= 15 is 0 Å². The fraction of sp³-hybridized carbons (Fsp3) is 0.261. The number of fused-ring (bicyclic) bond motifs is 1. The zero-order valence-corrected chi connectivity index (χ0v) is 16.9. The Hall–Kier alpha value is -3.79. The monoisotopic (exact) mass is 406 g/mol. The summed E-state index contributed by atoms with van der Waals surface area (Å²) in [4.78, 5) is 26.6. The third-order valence-electron chi connectivity index (χ3n) is 4.46. The molecule has 0 amide bonds. The second-order valence-corrected chi connectivity index (χ2v) is 6.87. The molecule has 154 valence electrons. The van der Waals surface area contributed by atoms with Crippen molar-refractivity contribution in [2.24, 2.45) is 0 Å². The average molecular weight is 406 g/mol. The van der Waals surface area contributed by atoms with Crippen LogP contribution in [0.15, 0.2) is 48.0 Å². The largest absolute Gasteiger partial charge is 0.490 e. The van der Waals surface area contributed by atoms with Crippen LogP contribution < -0.4 is 14.4 Å². The van der Waals surface area contributed by atoms with Gasteiger partial charge in [0.15, 0.2) is 23.9 Å². The molecular weight excluding hydrogens is 384 g/mol. The minimum absolute atomic E-state index is 0.181. The standard InChI is InChI=1S/C23H22N2O5/c1-25(2)19-7-4-16(5-8-19)12-18(14-24)23(27)30-15-20(26)17-6-9-21-22(13-17)29-11-3-10-28-21/h4-9,12-13H,3,10-11,15H2,1-2H3/b18-12+. The smallest absolute Gasteiger partial charge is 0.349 e. The molecule has 2 aromatic carbocycles. The normalized spacial score (nSPS) is 13.0. The molecule has 2 aromatic rings. The highest BCUT2D eigenvalue weighted by atomic mass is 16.5. The fourth-order valence-electron chi connectivity index (χ4n) is 2.80. The predicted octanol–water partition coefficient (Wildman–Crippen LogP) is 3.25. The van der Waals surface area contributed by atoms with Gasteiger partial charge in [-0.1, -0.05) is 12.1 Å². The number of ether oxygens (including phenoxy) is 3. The summed E-state index contributed by atoms with van der Waals surface area (Å²) >= 11 is 0. The maximum Gasteiger partial charge on any atom is 0.349 e. The molecule has 7 heteroatoms. The summed E-state index contributed by atoms with van der Waals surface area (Å²) in [5, 5.41) is 9.30. The van der Waals surface area contributed by atoms with Gasteiger partial charge in [0.05, 0.1) is 13.2 Å². The van der Waals surface area contributed by atoms with Crippen molar-refractivity contribution in [2.75, 3.05) is 38.8 Å². The van der Waals surface area contributed by atoms with Gasteiger partial charge in [-0.25, -0.2) is 4.79 Å². The highest BCUT2D eigenvalue weighted by Gasteiger charge is 2.17. The van der Waals surface area contributed by atoms with Crippen molar-refractivity contribution in [2.45, 2.75) is 6.42 Å². The molecular formula is C23H22N2O5. The number of Topliss-reactive ketones (excluding diaryl/α,β-unsaturated/α-hetero) is 1. The zero-order chi connectivity index (χ0) is 21.5. The topological polar surface area (TPSA) is 88.9 Å². The molecule has 0 saturated carbocycles. The Balaban J connectivity index is 1.64. The van der Waals surface area contributed by atoms with Gasteiger partial charge in [-0.05, 0) is 42.0 Å². The van der Waals surface area contributed by atoms with Crippen LogP contribution >= 0.6 is 0 Å². The average Bonchev–Trinajstić information content (AvgIpc) is 3.00. The van der Waals surface area contributed by atoms with E-state index in [1.807, 2.05) is 37.2 Å². The Bertz CT molecular complexity index is 1000. The summed E-state index contributed by atoms with van der Waals surface area (Å²) < 4.78 is 16.2. The number of carbonyl (C=O) groups is 2. The van der Waals surface area contributed by atoms with E-state index in [1.54, 1.807) is 30.3 Å². The molecule has 30 heavy (non-hydrogen) atoms. The number of nitriles is 1. The molecule has 0 N–H and O–H groups in total. The van der Waals surface area contributed by atoms with Crippen LogP contribution in [-0.2, 0) is 9.53 Å². The molecule has 0 unspecified atom stereocenters. The molecule has 0 saturated heterocycles. The lowest BCUT2D eigenvalue weighted by atomic mass is 10.1. The first-order valence-electron chi connectivity index (χ1n) is 9.47. The highest BCUT2D eigenvalue weighted by molar-refractivity contribution is 6.02. The van der Waals surface area contributed by atoms with Crippen LogP contribution in [-0.4, -0.2) is 45.7 Å². The molecule has 0 fully saturated rings. The van der Waals surface area contributed by atoms with Gasteiger partial charge in [0.2, 0.25) is 0 Å². The molecule has 0 bridgehead atoms. The minimum atomic E-state index is -0.850.